The Morgan fingerprint density at radius 1 is 1.36 bits per heavy atom. The predicted octanol–water partition coefficient (Wildman–Crippen LogP) is 1.43. The SMILES string of the molecule is [CH2]C(O)c1ccc(C#N)cc1. The molecule has 0 saturated heterocycles. The van der Waals surface area contributed by atoms with E-state index in [1.165, 1.54) is 0 Å². The minimum absolute atomic E-state index is 0.592. The van der Waals surface area contributed by atoms with Gasteiger partial charge in [0.1, 0.15) is 0 Å². The van der Waals surface area contributed by atoms with Gasteiger partial charge in [0.25, 0.3) is 0 Å². The Morgan fingerprint density at radius 2 is 1.91 bits per heavy atom. The molecule has 0 saturated carbocycles. The molecule has 0 bridgehead atoms. The molecule has 0 heterocycles. The molecule has 55 valence electrons. The van der Waals surface area contributed by atoms with Crippen LogP contribution in [0, 0.1) is 18.3 Å². The van der Waals surface area contributed by atoms with E-state index in [-0.39, 0.29) is 0 Å². The molecule has 1 aromatic carbocycles. The van der Waals surface area contributed by atoms with E-state index in [0.717, 1.165) is 5.56 Å². The summed E-state index contributed by atoms with van der Waals surface area (Å²) < 4.78 is 0. The fraction of sp³-hybridized carbons (Fsp3) is 0.111. The standard InChI is InChI=1S/C9H8NO/c1-7(11)9-4-2-8(6-10)3-5-9/h2-5,7,11H,1H2. The lowest BCUT2D eigenvalue weighted by molar-refractivity contribution is 0.226. The summed E-state index contributed by atoms with van der Waals surface area (Å²) in [7, 11) is 0. The molecule has 1 rings (SSSR count). The van der Waals surface area contributed by atoms with Gasteiger partial charge in [-0.1, -0.05) is 12.1 Å². The van der Waals surface area contributed by atoms with Crippen molar-refractivity contribution in [1.29, 1.82) is 5.26 Å². The van der Waals surface area contributed by atoms with Gasteiger partial charge in [0.05, 0.1) is 17.7 Å². The quantitative estimate of drug-likeness (QED) is 0.651. The highest BCUT2D eigenvalue weighted by molar-refractivity contribution is 5.32. The van der Waals surface area contributed by atoms with Gasteiger partial charge in [-0.2, -0.15) is 5.26 Å². The van der Waals surface area contributed by atoms with Crippen molar-refractivity contribution in [1.82, 2.24) is 0 Å². The van der Waals surface area contributed by atoms with Gasteiger partial charge in [-0.25, -0.2) is 0 Å². The lowest BCUT2D eigenvalue weighted by Crippen LogP contribution is -1.90. The van der Waals surface area contributed by atoms with Gasteiger partial charge < -0.3 is 5.11 Å². The number of benzene rings is 1. The molecule has 1 N–H and O–H groups in total. The second kappa shape index (κ2) is 3.18. The van der Waals surface area contributed by atoms with Crippen LogP contribution in [0.2, 0.25) is 0 Å². The molecule has 0 aliphatic heterocycles. The topological polar surface area (TPSA) is 44.0 Å². The van der Waals surface area contributed by atoms with Crippen molar-refractivity contribution >= 4 is 0 Å². The number of aliphatic hydroxyl groups is 1. The average molecular weight is 146 g/mol. The zero-order valence-electron chi connectivity index (χ0n) is 5.99. The number of nitriles is 1. The molecule has 11 heavy (non-hydrogen) atoms. The molecular weight excluding hydrogens is 138 g/mol. The average Bonchev–Trinajstić information content (AvgIpc) is 2.05. The van der Waals surface area contributed by atoms with Gasteiger partial charge >= 0.3 is 0 Å². The van der Waals surface area contributed by atoms with Crippen LogP contribution in [0.5, 0.6) is 0 Å². The molecule has 0 aliphatic carbocycles. The summed E-state index contributed by atoms with van der Waals surface area (Å²) in [6.07, 6.45) is -0.706. The summed E-state index contributed by atoms with van der Waals surface area (Å²) in [4.78, 5) is 0. The van der Waals surface area contributed by atoms with Crippen LogP contribution in [0.15, 0.2) is 24.3 Å². The van der Waals surface area contributed by atoms with Crippen LogP contribution in [0.4, 0.5) is 0 Å². The highest BCUT2D eigenvalue weighted by atomic mass is 16.3. The van der Waals surface area contributed by atoms with Crippen molar-refractivity contribution in [3.63, 3.8) is 0 Å². The monoisotopic (exact) mass is 146 g/mol. The van der Waals surface area contributed by atoms with Gasteiger partial charge in [-0.15, -0.1) is 0 Å². The molecule has 0 aromatic heterocycles. The van der Waals surface area contributed by atoms with Gasteiger partial charge in [0.15, 0.2) is 0 Å². The van der Waals surface area contributed by atoms with Crippen LogP contribution in [-0.4, -0.2) is 5.11 Å². The van der Waals surface area contributed by atoms with E-state index in [9.17, 15) is 0 Å². The first-order chi connectivity index (χ1) is 5.24. The van der Waals surface area contributed by atoms with Crippen molar-refractivity contribution < 1.29 is 5.11 Å². The van der Waals surface area contributed by atoms with Crippen molar-refractivity contribution in [2.45, 2.75) is 6.10 Å². The number of aliphatic hydroxyl groups excluding tert-OH is 1. The Morgan fingerprint density at radius 3 is 2.27 bits per heavy atom. The molecular formula is C9H8NO. The molecule has 2 nitrogen and oxygen atoms in total. The van der Waals surface area contributed by atoms with E-state index in [4.69, 9.17) is 10.4 Å². The van der Waals surface area contributed by atoms with Gasteiger partial charge in [-0.05, 0) is 24.6 Å². The molecule has 1 radical (unpaired) electrons. The lowest BCUT2D eigenvalue weighted by atomic mass is 10.1. The molecule has 0 fully saturated rings. The van der Waals surface area contributed by atoms with E-state index >= 15 is 0 Å². The third-order valence-electron chi connectivity index (χ3n) is 1.42. The maximum atomic E-state index is 8.99. The van der Waals surface area contributed by atoms with E-state index in [0.29, 0.717) is 5.56 Å². The molecule has 1 aromatic rings. The minimum atomic E-state index is -0.706. The first-order valence-electron chi connectivity index (χ1n) is 3.25. The fourth-order valence-electron chi connectivity index (χ4n) is 0.780. The number of nitrogens with zero attached hydrogens (tertiary/aromatic N) is 1. The summed E-state index contributed by atoms with van der Waals surface area (Å²) in [5.41, 5.74) is 1.32. The third kappa shape index (κ3) is 1.79. The van der Waals surface area contributed by atoms with Crippen LogP contribution >= 0.6 is 0 Å². The summed E-state index contributed by atoms with van der Waals surface area (Å²) in [5.74, 6) is 0. The van der Waals surface area contributed by atoms with Gasteiger partial charge in [-0.3, -0.25) is 0 Å². The van der Waals surface area contributed by atoms with Crippen LogP contribution in [0.1, 0.15) is 17.2 Å². The van der Waals surface area contributed by atoms with Crippen molar-refractivity contribution in [2.24, 2.45) is 0 Å². The molecule has 0 amide bonds. The molecule has 0 spiro atoms. The first-order valence-corrected chi connectivity index (χ1v) is 3.25. The Balaban J connectivity index is 2.94. The van der Waals surface area contributed by atoms with Crippen LogP contribution in [0.3, 0.4) is 0 Å². The van der Waals surface area contributed by atoms with E-state index in [1.54, 1.807) is 24.3 Å². The van der Waals surface area contributed by atoms with E-state index in [2.05, 4.69) is 6.92 Å². The summed E-state index contributed by atoms with van der Waals surface area (Å²) in [6, 6.07) is 8.69. The largest absolute Gasteiger partial charge is 0.388 e. The summed E-state index contributed by atoms with van der Waals surface area (Å²) >= 11 is 0. The van der Waals surface area contributed by atoms with Gasteiger partial charge in [0, 0.05) is 0 Å². The fourth-order valence-corrected chi connectivity index (χ4v) is 0.780. The normalized spacial score (nSPS) is 12.1. The van der Waals surface area contributed by atoms with E-state index < -0.39 is 6.10 Å². The predicted molar refractivity (Wildman–Crippen MR) is 41.5 cm³/mol. The highest BCUT2D eigenvalue weighted by Crippen LogP contribution is 2.11. The zero-order chi connectivity index (χ0) is 8.27. The number of hydrogen-bond acceptors (Lipinski definition) is 2. The Labute approximate surface area is 65.7 Å². The summed E-state index contributed by atoms with van der Waals surface area (Å²) in [6.45, 7) is 3.44. The van der Waals surface area contributed by atoms with Crippen molar-refractivity contribution in [3.05, 3.63) is 42.3 Å². The summed E-state index contributed by atoms with van der Waals surface area (Å²) in [5, 5.41) is 17.4. The molecule has 1 unspecified atom stereocenters. The number of hydrogen-bond donors (Lipinski definition) is 1. The highest BCUT2D eigenvalue weighted by Gasteiger charge is 1.98. The first kappa shape index (κ1) is 7.77. The second-order valence-electron chi connectivity index (χ2n) is 2.25. The smallest absolute Gasteiger partial charge is 0.0991 e. The zero-order valence-corrected chi connectivity index (χ0v) is 5.99. The lowest BCUT2D eigenvalue weighted by Gasteiger charge is -2.02. The van der Waals surface area contributed by atoms with Crippen molar-refractivity contribution in [3.8, 4) is 6.07 Å². The third-order valence-corrected chi connectivity index (χ3v) is 1.42. The maximum absolute atomic E-state index is 8.99. The minimum Gasteiger partial charge on any atom is -0.388 e. The van der Waals surface area contributed by atoms with Crippen LogP contribution < -0.4 is 0 Å². The molecule has 2 heteroatoms. The van der Waals surface area contributed by atoms with Crippen molar-refractivity contribution in [2.75, 3.05) is 0 Å². The van der Waals surface area contributed by atoms with Crippen LogP contribution in [0.25, 0.3) is 0 Å². The molecule has 0 aliphatic rings. The second-order valence-corrected chi connectivity index (χ2v) is 2.25. The number of rotatable bonds is 1. The Hall–Kier alpha value is -1.33. The van der Waals surface area contributed by atoms with Gasteiger partial charge in [0.2, 0.25) is 0 Å². The Kier molecular flexibility index (Phi) is 2.25. The van der Waals surface area contributed by atoms with E-state index in [1.807, 2.05) is 6.07 Å². The maximum Gasteiger partial charge on any atom is 0.0991 e. The molecule has 1 atom stereocenters. The van der Waals surface area contributed by atoms with Crippen LogP contribution in [-0.2, 0) is 0 Å². The Bertz CT molecular complexity index is 269.